The first-order valence-electron chi connectivity index (χ1n) is 6.27. The van der Waals surface area contributed by atoms with Crippen molar-refractivity contribution in [2.75, 3.05) is 18.8 Å². The van der Waals surface area contributed by atoms with Crippen LogP contribution in [0.25, 0.3) is 0 Å². The maximum absolute atomic E-state index is 12.3. The number of hydrogen-bond acceptors (Lipinski definition) is 3. The summed E-state index contributed by atoms with van der Waals surface area (Å²) in [5.41, 5.74) is 5.52. The van der Waals surface area contributed by atoms with Crippen LogP contribution < -0.4 is 5.73 Å². The number of hydrogen-bond donors (Lipinski definition) is 1. The molecule has 0 spiro atoms. The number of thioether (sulfide) groups is 1. The molecule has 0 saturated carbocycles. The van der Waals surface area contributed by atoms with Gasteiger partial charge in [0.05, 0.1) is 5.54 Å². The Labute approximate surface area is 103 Å². The van der Waals surface area contributed by atoms with E-state index in [2.05, 4.69) is 6.92 Å². The van der Waals surface area contributed by atoms with Crippen molar-refractivity contribution in [2.45, 2.75) is 50.8 Å². The third kappa shape index (κ3) is 2.92. The highest BCUT2D eigenvalue weighted by molar-refractivity contribution is 8.00. The van der Waals surface area contributed by atoms with E-state index in [1.807, 2.05) is 30.5 Å². The van der Waals surface area contributed by atoms with Crippen molar-refractivity contribution in [2.24, 2.45) is 5.73 Å². The molecule has 0 bridgehead atoms. The van der Waals surface area contributed by atoms with Crippen LogP contribution >= 0.6 is 11.8 Å². The van der Waals surface area contributed by atoms with Crippen LogP contribution in [0.5, 0.6) is 0 Å². The zero-order chi connectivity index (χ0) is 12.2. The van der Waals surface area contributed by atoms with Gasteiger partial charge in [0.1, 0.15) is 0 Å². The van der Waals surface area contributed by atoms with Gasteiger partial charge in [-0.15, -0.1) is 0 Å². The molecule has 4 heteroatoms. The summed E-state index contributed by atoms with van der Waals surface area (Å²) in [6, 6.07) is 0. The van der Waals surface area contributed by atoms with E-state index in [1.54, 1.807) is 0 Å². The lowest BCUT2D eigenvalue weighted by Gasteiger charge is -2.37. The smallest absolute Gasteiger partial charge is 0.242 e. The topological polar surface area (TPSA) is 46.3 Å². The largest absolute Gasteiger partial charge is 0.339 e. The summed E-state index contributed by atoms with van der Waals surface area (Å²) in [5, 5.41) is 0.593. The normalized spacial score (nSPS) is 22.2. The Hall–Kier alpha value is -0.220. The van der Waals surface area contributed by atoms with Gasteiger partial charge in [0, 0.05) is 24.1 Å². The number of nitrogens with zero attached hydrogens (tertiary/aromatic N) is 1. The Morgan fingerprint density at radius 2 is 2.06 bits per heavy atom. The monoisotopic (exact) mass is 244 g/mol. The van der Waals surface area contributed by atoms with Crippen LogP contribution in [0, 0.1) is 0 Å². The average molecular weight is 244 g/mol. The minimum atomic E-state index is -0.639. The fraction of sp³-hybridized carbons (Fsp3) is 0.917. The van der Waals surface area contributed by atoms with Crippen LogP contribution in [0.15, 0.2) is 0 Å². The number of carbonyl (C=O) groups excluding carboxylic acids is 1. The number of nitrogens with two attached hydrogens (primary N) is 1. The van der Waals surface area contributed by atoms with E-state index in [-0.39, 0.29) is 5.91 Å². The van der Waals surface area contributed by atoms with E-state index >= 15 is 0 Å². The summed E-state index contributed by atoms with van der Waals surface area (Å²) >= 11 is 1.98. The van der Waals surface area contributed by atoms with E-state index in [9.17, 15) is 4.79 Å². The van der Waals surface area contributed by atoms with Gasteiger partial charge in [0.15, 0.2) is 0 Å². The summed E-state index contributed by atoms with van der Waals surface area (Å²) in [6.45, 7) is 7.91. The standard InChI is InChI=1S/C12H24N2OS/c1-4-10-9-14(7-8-16-10)11(15)12(13,5-2)6-3/h10H,4-9,13H2,1-3H3. The quantitative estimate of drug-likeness (QED) is 0.821. The Morgan fingerprint density at radius 1 is 1.44 bits per heavy atom. The van der Waals surface area contributed by atoms with Gasteiger partial charge in [-0.3, -0.25) is 4.79 Å². The van der Waals surface area contributed by atoms with Gasteiger partial charge in [0.2, 0.25) is 5.91 Å². The Morgan fingerprint density at radius 3 is 2.56 bits per heavy atom. The van der Waals surface area contributed by atoms with Gasteiger partial charge in [-0.25, -0.2) is 0 Å². The van der Waals surface area contributed by atoms with Crippen molar-refractivity contribution < 1.29 is 4.79 Å². The van der Waals surface area contributed by atoms with Crippen LogP contribution in [0.2, 0.25) is 0 Å². The zero-order valence-corrected chi connectivity index (χ0v) is 11.5. The lowest BCUT2D eigenvalue weighted by atomic mass is 9.92. The molecule has 16 heavy (non-hydrogen) atoms. The highest BCUT2D eigenvalue weighted by Gasteiger charge is 2.35. The molecule has 0 aromatic heterocycles. The Balaban J connectivity index is 2.65. The van der Waals surface area contributed by atoms with Gasteiger partial charge < -0.3 is 10.6 Å². The second kappa shape index (κ2) is 5.92. The molecule has 0 radical (unpaired) electrons. The van der Waals surface area contributed by atoms with Crippen LogP contribution in [-0.2, 0) is 4.79 Å². The molecule has 1 rings (SSSR count). The first-order chi connectivity index (χ1) is 7.57. The molecule has 1 aliphatic rings. The van der Waals surface area contributed by atoms with E-state index in [1.165, 1.54) is 0 Å². The van der Waals surface area contributed by atoms with E-state index in [0.29, 0.717) is 5.25 Å². The third-order valence-electron chi connectivity index (χ3n) is 3.57. The van der Waals surface area contributed by atoms with Crippen molar-refractivity contribution in [3.05, 3.63) is 0 Å². The predicted octanol–water partition coefficient (Wildman–Crippen LogP) is 1.86. The second-order valence-electron chi connectivity index (χ2n) is 4.52. The van der Waals surface area contributed by atoms with E-state index in [4.69, 9.17) is 5.73 Å². The van der Waals surface area contributed by atoms with Crippen LogP contribution in [0.3, 0.4) is 0 Å². The molecule has 0 aromatic carbocycles. The molecule has 1 amide bonds. The first-order valence-corrected chi connectivity index (χ1v) is 7.32. The van der Waals surface area contributed by atoms with Gasteiger partial charge >= 0.3 is 0 Å². The fourth-order valence-corrected chi connectivity index (χ4v) is 3.20. The van der Waals surface area contributed by atoms with Crippen molar-refractivity contribution >= 4 is 17.7 Å². The SMILES string of the molecule is CCC1CN(C(=O)C(N)(CC)CC)CCS1. The van der Waals surface area contributed by atoms with E-state index < -0.39 is 5.54 Å². The molecule has 1 unspecified atom stereocenters. The molecular formula is C12H24N2OS. The average Bonchev–Trinajstić information content (AvgIpc) is 2.37. The van der Waals surface area contributed by atoms with Gasteiger partial charge in [-0.1, -0.05) is 20.8 Å². The number of amides is 1. The van der Waals surface area contributed by atoms with Crippen LogP contribution in [0.4, 0.5) is 0 Å². The molecule has 3 nitrogen and oxygen atoms in total. The number of rotatable bonds is 4. The highest BCUT2D eigenvalue weighted by Crippen LogP contribution is 2.24. The lowest BCUT2D eigenvalue weighted by molar-refractivity contribution is -0.137. The molecule has 1 aliphatic heterocycles. The molecule has 94 valence electrons. The van der Waals surface area contributed by atoms with Crippen LogP contribution in [0.1, 0.15) is 40.0 Å². The lowest BCUT2D eigenvalue weighted by Crippen LogP contribution is -2.57. The highest BCUT2D eigenvalue weighted by atomic mass is 32.2. The molecule has 0 aromatic rings. The van der Waals surface area contributed by atoms with E-state index in [0.717, 1.165) is 38.1 Å². The molecular weight excluding hydrogens is 220 g/mol. The molecule has 1 atom stereocenters. The zero-order valence-electron chi connectivity index (χ0n) is 10.7. The van der Waals surface area contributed by atoms with Crippen molar-refractivity contribution in [1.82, 2.24) is 4.90 Å². The molecule has 0 aliphatic carbocycles. The summed E-state index contributed by atoms with van der Waals surface area (Å²) in [6.07, 6.45) is 2.58. The Kier molecular flexibility index (Phi) is 5.12. The van der Waals surface area contributed by atoms with Gasteiger partial charge in [0.25, 0.3) is 0 Å². The maximum Gasteiger partial charge on any atom is 0.242 e. The minimum absolute atomic E-state index is 0.149. The summed E-state index contributed by atoms with van der Waals surface area (Å²) in [7, 11) is 0. The Bertz CT molecular complexity index is 241. The maximum atomic E-state index is 12.3. The minimum Gasteiger partial charge on any atom is -0.339 e. The third-order valence-corrected chi connectivity index (χ3v) is 4.94. The molecule has 1 saturated heterocycles. The second-order valence-corrected chi connectivity index (χ2v) is 5.92. The van der Waals surface area contributed by atoms with Gasteiger partial charge in [-0.2, -0.15) is 11.8 Å². The molecule has 2 N–H and O–H groups in total. The van der Waals surface area contributed by atoms with Gasteiger partial charge in [-0.05, 0) is 19.3 Å². The molecule has 1 heterocycles. The van der Waals surface area contributed by atoms with Crippen molar-refractivity contribution in [3.8, 4) is 0 Å². The van der Waals surface area contributed by atoms with Crippen molar-refractivity contribution in [1.29, 1.82) is 0 Å². The summed E-state index contributed by atoms with van der Waals surface area (Å²) in [4.78, 5) is 14.3. The van der Waals surface area contributed by atoms with Crippen LogP contribution in [-0.4, -0.2) is 40.4 Å². The summed E-state index contributed by atoms with van der Waals surface area (Å²) in [5.74, 6) is 1.20. The first kappa shape index (κ1) is 13.8. The predicted molar refractivity (Wildman–Crippen MR) is 70.6 cm³/mol. The van der Waals surface area contributed by atoms with Crippen molar-refractivity contribution in [3.63, 3.8) is 0 Å². The fourth-order valence-electron chi connectivity index (χ4n) is 2.02. The molecule has 1 fully saturated rings. The number of carbonyl (C=O) groups is 1. The summed E-state index contributed by atoms with van der Waals surface area (Å²) < 4.78 is 0.